The van der Waals surface area contributed by atoms with Crippen molar-refractivity contribution >= 4 is 0 Å². The van der Waals surface area contributed by atoms with Crippen LogP contribution in [0.4, 0.5) is 0 Å². The quantitative estimate of drug-likeness (QED) is 0.653. The topological polar surface area (TPSA) is 12.0 Å². The summed E-state index contributed by atoms with van der Waals surface area (Å²) in [6.07, 6.45) is 2.93. The van der Waals surface area contributed by atoms with Crippen LogP contribution < -0.4 is 5.32 Å². The third-order valence-electron chi connectivity index (χ3n) is 3.91. The fraction of sp³-hybridized carbons (Fsp3) is 1.00. The second-order valence-electron chi connectivity index (χ2n) is 4.51. The first-order valence-corrected chi connectivity index (χ1v) is 4.91. The van der Waals surface area contributed by atoms with E-state index in [1.54, 1.807) is 0 Å². The highest BCUT2D eigenvalue weighted by atomic mass is 14.9. The smallest absolute Gasteiger partial charge is 0.00962 e. The van der Waals surface area contributed by atoms with Crippen LogP contribution in [0.3, 0.4) is 0 Å². The Kier molecular flexibility index (Phi) is 1.71. The minimum absolute atomic E-state index is 0.870. The van der Waals surface area contributed by atoms with Crippen molar-refractivity contribution in [1.29, 1.82) is 0 Å². The molecule has 11 heavy (non-hydrogen) atoms. The molecular formula is C10H19N. The number of rotatable bonds is 3. The van der Waals surface area contributed by atoms with Crippen molar-refractivity contribution in [3.8, 4) is 0 Å². The average Bonchev–Trinajstić information content (AvgIpc) is 2.86. The summed E-state index contributed by atoms with van der Waals surface area (Å²) in [5, 5.41) is 3.35. The van der Waals surface area contributed by atoms with Crippen LogP contribution in [0.15, 0.2) is 0 Å². The van der Waals surface area contributed by atoms with Gasteiger partial charge in [-0.2, -0.15) is 0 Å². The molecule has 0 aromatic rings. The van der Waals surface area contributed by atoms with Gasteiger partial charge in [0, 0.05) is 6.04 Å². The molecule has 4 unspecified atom stereocenters. The van der Waals surface area contributed by atoms with E-state index in [4.69, 9.17) is 0 Å². The lowest BCUT2D eigenvalue weighted by atomic mass is 10.1. The monoisotopic (exact) mass is 153 g/mol. The fourth-order valence-electron chi connectivity index (χ4n) is 2.41. The van der Waals surface area contributed by atoms with E-state index < -0.39 is 0 Å². The number of hydrogen-bond acceptors (Lipinski definition) is 1. The summed E-state index contributed by atoms with van der Waals surface area (Å²) >= 11 is 0. The van der Waals surface area contributed by atoms with Crippen molar-refractivity contribution in [1.82, 2.24) is 5.32 Å². The largest absolute Gasteiger partial charge is 0.317 e. The first-order chi connectivity index (χ1) is 5.24. The highest BCUT2D eigenvalue weighted by Gasteiger charge is 2.48. The van der Waals surface area contributed by atoms with Crippen LogP contribution in [0.2, 0.25) is 0 Å². The van der Waals surface area contributed by atoms with Gasteiger partial charge in [-0.1, -0.05) is 13.8 Å². The molecule has 1 nitrogen and oxygen atoms in total. The minimum atomic E-state index is 0.870. The van der Waals surface area contributed by atoms with Gasteiger partial charge in [-0.05, 0) is 43.6 Å². The molecule has 0 bridgehead atoms. The summed E-state index contributed by atoms with van der Waals surface area (Å²) in [6, 6.07) is 0.870. The Labute approximate surface area is 69.6 Å². The van der Waals surface area contributed by atoms with Gasteiger partial charge in [-0.15, -0.1) is 0 Å². The van der Waals surface area contributed by atoms with Gasteiger partial charge < -0.3 is 5.32 Å². The lowest BCUT2D eigenvalue weighted by Crippen LogP contribution is -2.11. The maximum atomic E-state index is 3.35. The SMILES string of the molecule is CNC1CC1CC1C(C)C1C. The second-order valence-corrected chi connectivity index (χ2v) is 4.51. The molecule has 0 heterocycles. The lowest BCUT2D eigenvalue weighted by Gasteiger charge is -1.96. The Hall–Kier alpha value is -0.0400. The Morgan fingerprint density at radius 2 is 1.91 bits per heavy atom. The maximum Gasteiger partial charge on any atom is 0.00962 e. The molecule has 2 rings (SSSR count). The molecule has 2 fully saturated rings. The molecule has 0 radical (unpaired) electrons. The van der Waals surface area contributed by atoms with Crippen molar-refractivity contribution in [3.05, 3.63) is 0 Å². The third kappa shape index (κ3) is 1.31. The third-order valence-corrected chi connectivity index (χ3v) is 3.91. The van der Waals surface area contributed by atoms with Crippen molar-refractivity contribution in [2.24, 2.45) is 23.7 Å². The minimum Gasteiger partial charge on any atom is -0.317 e. The lowest BCUT2D eigenvalue weighted by molar-refractivity contribution is 0.567. The fourth-order valence-corrected chi connectivity index (χ4v) is 2.41. The highest BCUT2D eigenvalue weighted by molar-refractivity contribution is 5.00. The second kappa shape index (κ2) is 2.48. The Morgan fingerprint density at radius 1 is 1.27 bits per heavy atom. The molecule has 1 N–H and O–H groups in total. The van der Waals surface area contributed by atoms with Crippen molar-refractivity contribution in [2.75, 3.05) is 7.05 Å². The normalized spacial score (nSPS) is 54.3. The molecule has 2 aliphatic carbocycles. The van der Waals surface area contributed by atoms with Crippen LogP contribution in [0.1, 0.15) is 26.7 Å². The molecule has 4 atom stereocenters. The van der Waals surface area contributed by atoms with Gasteiger partial charge in [0.25, 0.3) is 0 Å². The first kappa shape index (κ1) is 7.60. The molecule has 0 aromatic carbocycles. The summed E-state index contributed by atoms with van der Waals surface area (Å²) in [5.74, 6) is 4.14. The van der Waals surface area contributed by atoms with Crippen LogP contribution in [0, 0.1) is 23.7 Å². The number of hydrogen-bond donors (Lipinski definition) is 1. The molecule has 0 spiro atoms. The van der Waals surface area contributed by atoms with Crippen molar-refractivity contribution in [3.63, 3.8) is 0 Å². The summed E-state index contributed by atoms with van der Waals surface area (Å²) < 4.78 is 0. The molecule has 0 aromatic heterocycles. The molecular weight excluding hydrogens is 134 g/mol. The Morgan fingerprint density at radius 3 is 2.27 bits per heavy atom. The zero-order valence-electron chi connectivity index (χ0n) is 7.80. The standard InChI is InChI=1S/C10H19N/c1-6-7(2)9(6)4-8-5-10(8)11-3/h6-11H,4-5H2,1-3H3. The van der Waals surface area contributed by atoms with Crippen LogP contribution in [0.5, 0.6) is 0 Å². The van der Waals surface area contributed by atoms with Crippen molar-refractivity contribution in [2.45, 2.75) is 32.7 Å². The molecule has 2 saturated carbocycles. The Balaban J connectivity index is 1.69. The van der Waals surface area contributed by atoms with Crippen molar-refractivity contribution < 1.29 is 0 Å². The van der Waals surface area contributed by atoms with E-state index in [2.05, 4.69) is 26.2 Å². The first-order valence-electron chi connectivity index (χ1n) is 4.91. The summed E-state index contributed by atoms with van der Waals surface area (Å²) in [6.45, 7) is 4.79. The van der Waals surface area contributed by atoms with Crippen LogP contribution in [-0.4, -0.2) is 13.1 Å². The van der Waals surface area contributed by atoms with E-state index in [-0.39, 0.29) is 0 Å². The zero-order chi connectivity index (χ0) is 8.01. The average molecular weight is 153 g/mol. The summed E-state index contributed by atoms with van der Waals surface area (Å²) in [7, 11) is 2.09. The van der Waals surface area contributed by atoms with Gasteiger partial charge in [0.15, 0.2) is 0 Å². The summed E-state index contributed by atoms with van der Waals surface area (Å²) in [4.78, 5) is 0. The van der Waals surface area contributed by atoms with Crippen LogP contribution in [-0.2, 0) is 0 Å². The molecule has 0 aliphatic heterocycles. The highest BCUT2D eigenvalue weighted by Crippen LogP contribution is 2.52. The van der Waals surface area contributed by atoms with Gasteiger partial charge in [0.2, 0.25) is 0 Å². The van der Waals surface area contributed by atoms with E-state index in [9.17, 15) is 0 Å². The van der Waals surface area contributed by atoms with Gasteiger partial charge >= 0.3 is 0 Å². The van der Waals surface area contributed by atoms with E-state index in [0.29, 0.717) is 0 Å². The molecule has 64 valence electrons. The summed E-state index contributed by atoms with van der Waals surface area (Å²) in [5.41, 5.74) is 0. The van der Waals surface area contributed by atoms with E-state index in [1.807, 2.05) is 0 Å². The zero-order valence-corrected chi connectivity index (χ0v) is 7.80. The predicted molar refractivity (Wildman–Crippen MR) is 47.4 cm³/mol. The molecule has 1 heteroatoms. The van der Waals surface area contributed by atoms with Crippen LogP contribution >= 0.6 is 0 Å². The van der Waals surface area contributed by atoms with Gasteiger partial charge in [-0.3, -0.25) is 0 Å². The van der Waals surface area contributed by atoms with Gasteiger partial charge in [0.05, 0.1) is 0 Å². The van der Waals surface area contributed by atoms with Crippen LogP contribution in [0.25, 0.3) is 0 Å². The Bertz CT molecular complexity index is 147. The van der Waals surface area contributed by atoms with Gasteiger partial charge in [0.1, 0.15) is 0 Å². The van der Waals surface area contributed by atoms with Gasteiger partial charge in [-0.25, -0.2) is 0 Å². The number of nitrogens with one attached hydrogen (secondary N) is 1. The van der Waals surface area contributed by atoms with E-state index >= 15 is 0 Å². The maximum absolute atomic E-state index is 3.35. The molecule has 0 saturated heterocycles. The molecule has 0 amide bonds. The van der Waals surface area contributed by atoms with E-state index in [0.717, 1.165) is 29.7 Å². The van der Waals surface area contributed by atoms with E-state index in [1.165, 1.54) is 12.8 Å². The predicted octanol–water partition coefficient (Wildman–Crippen LogP) is 1.89. The molecule has 2 aliphatic rings.